The average Bonchev–Trinajstić information content (AvgIpc) is 2.69. The Bertz CT molecular complexity index is 375. The van der Waals surface area contributed by atoms with Crippen LogP contribution in [0, 0.1) is 5.92 Å². The quantitative estimate of drug-likeness (QED) is 0.761. The number of aliphatic carboxylic acids is 1. The van der Waals surface area contributed by atoms with Gasteiger partial charge in [-0.3, -0.25) is 0 Å². The van der Waals surface area contributed by atoms with Gasteiger partial charge < -0.3 is 19.5 Å². The van der Waals surface area contributed by atoms with Crippen molar-refractivity contribution in [1.29, 1.82) is 0 Å². The number of carboxylic acids is 1. The summed E-state index contributed by atoms with van der Waals surface area (Å²) in [4.78, 5) is 24.7. The number of hydrogen-bond donors (Lipinski definition) is 1. The minimum Gasteiger partial charge on any atom is -0.479 e. The van der Waals surface area contributed by atoms with Crippen LogP contribution in [0.1, 0.15) is 27.2 Å². The Hall–Kier alpha value is -1.30. The van der Waals surface area contributed by atoms with Gasteiger partial charge in [0.25, 0.3) is 0 Å². The lowest BCUT2D eigenvalue weighted by Crippen LogP contribution is -2.46. The molecule has 102 valence electrons. The lowest BCUT2D eigenvalue weighted by Gasteiger charge is -2.26. The number of nitrogens with zero attached hydrogens (tertiary/aromatic N) is 1. The molecule has 2 aliphatic rings. The minimum absolute atomic E-state index is 0.0713. The van der Waals surface area contributed by atoms with Gasteiger partial charge in [0.1, 0.15) is 5.60 Å². The van der Waals surface area contributed by atoms with E-state index in [0.717, 1.165) is 0 Å². The third-order valence-electron chi connectivity index (χ3n) is 3.37. The Kier molecular flexibility index (Phi) is 3.01. The molecule has 0 aromatic carbocycles. The lowest BCUT2D eigenvalue weighted by molar-refractivity contribution is -0.160. The van der Waals surface area contributed by atoms with E-state index in [1.165, 1.54) is 4.90 Å². The van der Waals surface area contributed by atoms with Gasteiger partial charge in [-0.05, 0) is 27.2 Å². The van der Waals surface area contributed by atoms with Crippen molar-refractivity contribution in [1.82, 2.24) is 4.90 Å². The molecule has 0 unspecified atom stereocenters. The molecule has 0 aromatic rings. The highest BCUT2D eigenvalue weighted by Crippen LogP contribution is 2.39. The van der Waals surface area contributed by atoms with Crippen molar-refractivity contribution in [2.24, 2.45) is 5.92 Å². The molecule has 0 spiro atoms. The van der Waals surface area contributed by atoms with Crippen LogP contribution in [0.3, 0.4) is 0 Å². The van der Waals surface area contributed by atoms with E-state index >= 15 is 0 Å². The average molecular weight is 257 g/mol. The van der Waals surface area contributed by atoms with Crippen molar-refractivity contribution in [2.75, 3.05) is 19.7 Å². The smallest absolute Gasteiger partial charge is 0.410 e. The molecule has 0 saturated carbocycles. The van der Waals surface area contributed by atoms with Crippen molar-refractivity contribution in [3.8, 4) is 0 Å². The van der Waals surface area contributed by atoms with E-state index in [2.05, 4.69) is 0 Å². The zero-order chi connectivity index (χ0) is 13.6. The first-order valence-electron chi connectivity index (χ1n) is 6.10. The first-order chi connectivity index (χ1) is 8.24. The second-order valence-corrected chi connectivity index (χ2v) is 5.89. The highest BCUT2D eigenvalue weighted by Gasteiger charge is 2.58. The summed E-state index contributed by atoms with van der Waals surface area (Å²) in [7, 11) is 0. The maximum atomic E-state index is 11.9. The van der Waals surface area contributed by atoms with Gasteiger partial charge in [0, 0.05) is 19.1 Å². The van der Waals surface area contributed by atoms with Gasteiger partial charge in [0.15, 0.2) is 5.60 Å². The molecule has 2 saturated heterocycles. The van der Waals surface area contributed by atoms with Crippen LogP contribution < -0.4 is 0 Å². The zero-order valence-corrected chi connectivity index (χ0v) is 10.9. The first kappa shape index (κ1) is 13.1. The van der Waals surface area contributed by atoms with Gasteiger partial charge in [0.2, 0.25) is 0 Å². The maximum absolute atomic E-state index is 11.9. The van der Waals surface area contributed by atoms with Crippen LogP contribution >= 0.6 is 0 Å². The predicted molar refractivity (Wildman–Crippen MR) is 62.2 cm³/mol. The topological polar surface area (TPSA) is 76.1 Å². The van der Waals surface area contributed by atoms with Crippen LogP contribution in [0.5, 0.6) is 0 Å². The molecule has 0 radical (unpaired) electrons. The van der Waals surface area contributed by atoms with Crippen LogP contribution in [0.2, 0.25) is 0 Å². The van der Waals surface area contributed by atoms with Crippen LogP contribution in [0.15, 0.2) is 0 Å². The Morgan fingerprint density at radius 2 is 2.11 bits per heavy atom. The fourth-order valence-corrected chi connectivity index (χ4v) is 2.53. The molecular weight excluding hydrogens is 238 g/mol. The van der Waals surface area contributed by atoms with E-state index < -0.39 is 23.3 Å². The third kappa shape index (κ3) is 2.16. The normalized spacial score (nSPS) is 31.3. The van der Waals surface area contributed by atoms with Crippen LogP contribution in [0.25, 0.3) is 0 Å². The SMILES string of the molecule is CC(C)(C)OC(=O)N1C[C@H]2CCO[C@@]2(C(=O)O)C1. The fourth-order valence-electron chi connectivity index (χ4n) is 2.53. The van der Waals surface area contributed by atoms with Gasteiger partial charge in [-0.15, -0.1) is 0 Å². The summed E-state index contributed by atoms with van der Waals surface area (Å²) in [5, 5.41) is 9.30. The number of carbonyl (C=O) groups is 2. The van der Waals surface area contributed by atoms with E-state index in [0.29, 0.717) is 19.6 Å². The van der Waals surface area contributed by atoms with Crippen molar-refractivity contribution in [3.63, 3.8) is 0 Å². The third-order valence-corrected chi connectivity index (χ3v) is 3.37. The Morgan fingerprint density at radius 3 is 2.61 bits per heavy atom. The zero-order valence-electron chi connectivity index (χ0n) is 10.9. The molecule has 2 aliphatic heterocycles. The Balaban J connectivity index is 2.08. The molecule has 18 heavy (non-hydrogen) atoms. The van der Waals surface area contributed by atoms with E-state index in [1.807, 2.05) is 0 Å². The molecule has 0 aromatic heterocycles. The van der Waals surface area contributed by atoms with E-state index in [1.54, 1.807) is 20.8 Å². The standard InChI is InChI=1S/C12H19NO5/c1-11(2,3)18-10(16)13-6-8-4-5-17-12(8,7-13)9(14)15/h8H,4-7H2,1-3H3,(H,14,15)/t8-,12+/m1/s1. The summed E-state index contributed by atoms with van der Waals surface area (Å²) in [6, 6.07) is 0. The largest absolute Gasteiger partial charge is 0.479 e. The molecule has 6 nitrogen and oxygen atoms in total. The lowest BCUT2D eigenvalue weighted by atomic mass is 9.91. The summed E-state index contributed by atoms with van der Waals surface area (Å²) in [6.45, 7) is 6.25. The summed E-state index contributed by atoms with van der Waals surface area (Å²) < 4.78 is 10.6. The van der Waals surface area contributed by atoms with Crippen molar-refractivity contribution in [3.05, 3.63) is 0 Å². The second kappa shape index (κ2) is 4.12. The molecule has 0 bridgehead atoms. The van der Waals surface area contributed by atoms with Crippen molar-refractivity contribution in [2.45, 2.75) is 38.4 Å². The number of amides is 1. The molecule has 0 aliphatic carbocycles. The number of fused-ring (bicyclic) bond motifs is 1. The number of carboxylic acid groups (broad SMARTS) is 1. The number of ether oxygens (including phenoxy) is 2. The summed E-state index contributed by atoms with van der Waals surface area (Å²) in [5.41, 5.74) is -1.80. The Labute approximate surface area is 106 Å². The fraction of sp³-hybridized carbons (Fsp3) is 0.833. The molecule has 6 heteroatoms. The summed E-state index contributed by atoms with van der Waals surface area (Å²) in [6.07, 6.45) is 0.201. The number of likely N-dealkylation sites (tertiary alicyclic amines) is 1. The molecule has 2 fully saturated rings. The first-order valence-corrected chi connectivity index (χ1v) is 6.10. The van der Waals surface area contributed by atoms with E-state index in [9.17, 15) is 14.7 Å². The molecule has 2 rings (SSSR count). The van der Waals surface area contributed by atoms with Gasteiger partial charge in [0.05, 0.1) is 6.54 Å². The summed E-state index contributed by atoms with van der Waals surface area (Å²) in [5.74, 6) is -1.13. The van der Waals surface area contributed by atoms with E-state index in [-0.39, 0.29) is 12.5 Å². The molecule has 1 N–H and O–H groups in total. The summed E-state index contributed by atoms with van der Waals surface area (Å²) >= 11 is 0. The number of carbonyl (C=O) groups excluding carboxylic acids is 1. The highest BCUT2D eigenvalue weighted by atomic mass is 16.6. The van der Waals surface area contributed by atoms with Crippen LogP contribution in [0.4, 0.5) is 4.79 Å². The molecule has 2 heterocycles. The van der Waals surface area contributed by atoms with Crippen molar-refractivity contribution >= 4 is 12.1 Å². The highest BCUT2D eigenvalue weighted by molar-refractivity contribution is 5.81. The molecular formula is C12H19NO5. The number of hydrogen-bond acceptors (Lipinski definition) is 4. The molecule has 1 amide bonds. The minimum atomic E-state index is -1.23. The van der Waals surface area contributed by atoms with Gasteiger partial charge in [-0.2, -0.15) is 0 Å². The van der Waals surface area contributed by atoms with Gasteiger partial charge in [-0.25, -0.2) is 9.59 Å². The van der Waals surface area contributed by atoms with Gasteiger partial charge in [-0.1, -0.05) is 0 Å². The van der Waals surface area contributed by atoms with Crippen LogP contribution in [-0.4, -0.2) is 53.0 Å². The van der Waals surface area contributed by atoms with Crippen LogP contribution in [-0.2, 0) is 14.3 Å². The molecule has 2 atom stereocenters. The Morgan fingerprint density at radius 1 is 1.44 bits per heavy atom. The van der Waals surface area contributed by atoms with E-state index in [4.69, 9.17) is 9.47 Å². The second-order valence-electron chi connectivity index (χ2n) is 5.89. The maximum Gasteiger partial charge on any atom is 0.410 e. The van der Waals surface area contributed by atoms with Gasteiger partial charge >= 0.3 is 12.1 Å². The number of rotatable bonds is 1. The predicted octanol–water partition coefficient (Wildman–Crippen LogP) is 1.10. The monoisotopic (exact) mass is 257 g/mol. The van der Waals surface area contributed by atoms with Crippen molar-refractivity contribution < 1.29 is 24.2 Å².